The second kappa shape index (κ2) is 6.53. The number of halogens is 2. The van der Waals surface area contributed by atoms with Crippen LogP contribution in [0.3, 0.4) is 0 Å². The van der Waals surface area contributed by atoms with E-state index in [1.165, 1.54) is 0 Å². The molecule has 1 nitrogen and oxygen atoms in total. The van der Waals surface area contributed by atoms with Gasteiger partial charge in [-0.3, -0.25) is 4.79 Å². The molecule has 0 saturated carbocycles. The molecule has 0 aromatic heterocycles. The molecule has 0 heterocycles. The van der Waals surface area contributed by atoms with E-state index in [0.717, 1.165) is 6.92 Å². The summed E-state index contributed by atoms with van der Waals surface area (Å²) in [5.74, 6) is -1.07. The summed E-state index contributed by atoms with van der Waals surface area (Å²) >= 11 is 0. The van der Waals surface area contributed by atoms with E-state index in [1.807, 2.05) is 13.8 Å². The predicted molar refractivity (Wildman–Crippen MR) is 28.0 cm³/mol. The van der Waals surface area contributed by atoms with Gasteiger partial charge < -0.3 is 0 Å². The monoisotopic (exact) mass is 124 g/mol. The maximum absolute atomic E-state index is 10.8. The summed E-state index contributed by atoms with van der Waals surface area (Å²) in [7, 11) is 0. The Bertz CT molecular complexity index is 61.4. The molecule has 0 N–H and O–H groups in total. The molecule has 0 aliphatic heterocycles. The Morgan fingerprint density at radius 3 is 1.50 bits per heavy atom. The standard InChI is InChI=1S/C3H4F2O.C2H6/c1-2(6)3(4)5;1-2/h3H,1H3;1-2H3. The SMILES string of the molecule is CC.CC(=O)C(F)F. The van der Waals surface area contributed by atoms with E-state index in [9.17, 15) is 13.6 Å². The van der Waals surface area contributed by atoms with E-state index in [4.69, 9.17) is 0 Å². The van der Waals surface area contributed by atoms with E-state index in [-0.39, 0.29) is 0 Å². The van der Waals surface area contributed by atoms with Crippen molar-refractivity contribution in [1.29, 1.82) is 0 Å². The van der Waals surface area contributed by atoms with Crippen LogP contribution >= 0.6 is 0 Å². The molecule has 0 aliphatic carbocycles. The zero-order valence-electron chi connectivity index (χ0n) is 5.24. The van der Waals surface area contributed by atoms with Gasteiger partial charge in [0.2, 0.25) is 0 Å². The molecule has 0 spiro atoms. The van der Waals surface area contributed by atoms with E-state index in [0.29, 0.717) is 0 Å². The molecule has 0 radical (unpaired) electrons. The highest BCUT2D eigenvalue weighted by atomic mass is 19.3. The lowest BCUT2D eigenvalue weighted by Crippen LogP contribution is -2.02. The minimum Gasteiger partial charge on any atom is -0.294 e. The van der Waals surface area contributed by atoms with E-state index >= 15 is 0 Å². The van der Waals surface area contributed by atoms with Crippen LogP contribution in [0.4, 0.5) is 8.78 Å². The molecule has 0 atom stereocenters. The molecule has 0 rings (SSSR count). The van der Waals surface area contributed by atoms with Crippen LogP contribution in [0, 0.1) is 0 Å². The maximum Gasteiger partial charge on any atom is 0.295 e. The van der Waals surface area contributed by atoms with Crippen LogP contribution in [0.2, 0.25) is 0 Å². The van der Waals surface area contributed by atoms with Gasteiger partial charge in [-0.1, -0.05) is 13.8 Å². The number of carbonyl (C=O) groups is 1. The van der Waals surface area contributed by atoms with Crippen LogP contribution in [0.25, 0.3) is 0 Å². The largest absolute Gasteiger partial charge is 0.295 e. The van der Waals surface area contributed by atoms with Crippen molar-refractivity contribution in [2.45, 2.75) is 27.2 Å². The van der Waals surface area contributed by atoms with Gasteiger partial charge in [0.1, 0.15) is 0 Å². The Balaban J connectivity index is 0. The van der Waals surface area contributed by atoms with Gasteiger partial charge in [0.15, 0.2) is 5.78 Å². The van der Waals surface area contributed by atoms with Gasteiger partial charge >= 0.3 is 0 Å². The number of rotatable bonds is 1. The first kappa shape index (κ1) is 10.5. The molecule has 50 valence electrons. The van der Waals surface area contributed by atoms with Gasteiger partial charge in [-0.2, -0.15) is 0 Å². The minimum atomic E-state index is -2.79. The lowest BCUT2D eigenvalue weighted by molar-refractivity contribution is -0.127. The maximum atomic E-state index is 10.8. The first-order chi connectivity index (χ1) is 3.64. The highest BCUT2D eigenvalue weighted by Crippen LogP contribution is 1.89. The summed E-state index contributed by atoms with van der Waals surface area (Å²) in [6.07, 6.45) is -2.79. The Kier molecular flexibility index (Phi) is 8.57. The molecule has 0 saturated heterocycles. The van der Waals surface area contributed by atoms with Crippen LogP contribution in [-0.4, -0.2) is 12.2 Å². The van der Waals surface area contributed by atoms with Gasteiger partial charge in [0.05, 0.1) is 0 Å². The normalized spacial score (nSPS) is 7.75. The number of alkyl halides is 2. The Morgan fingerprint density at radius 1 is 1.38 bits per heavy atom. The van der Waals surface area contributed by atoms with Gasteiger partial charge in [-0.05, 0) is 0 Å². The lowest BCUT2D eigenvalue weighted by Gasteiger charge is -1.82. The third-order valence-electron chi connectivity index (χ3n) is 0.307. The smallest absolute Gasteiger partial charge is 0.294 e. The van der Waals surface area contributed by atoms with Crippen LogP contribution < -0.4 is 0 Å². The second-order valence-electron chi connectivity index (χ2n) is 0.911. The summed E-state index contributed by atoms with van der Waals surface area (Å²) < 4.78 is 21.6. The molecule has 8 heavy (non-hydrogen) atoms. The summed E-state index contributed by atoms with van der Waals surface area (Å²) in [4.78, 5) is 9.39. The van der Waals surface area contributed by atoms with E-state index in [2.05, 4.69) is 0 Å². The predicted octanol–water partition coefficient (Wildman–Crippen LogP) is 1.87. The van der Waals surface area contributed by atoms with Gasteiger partial charge in [-0.15, -0.1) is 0 Å². The molecular formula is C5H10F2O. The topological polar surface area (TPSA) is 17.1 Å². The zero-order chi connectivity index (χ0) is 7.15. The van der Waals surface area contributed by atoms with Crippen molar-refractivity contribution in [2.24, 2.45) is 0 Å². The van der Waals surface area contributed by atoms with Gasteiger partial charge in [0, 0.05) is 6.92 Å². The fraction of sp³-hybridized carbons (Fsp3) is 0.800. The van der Waals surface area contributed by atoms with Crippen molar-refractivity contribution >= 4 is 5.78 Å². The Hall–Kier alpha value is -0.470. The van der Waals surface area contributed by atoms with Crippen molar-refractivity contribution in [3.8, 4) is 0 Å². The van der Waals surface area contributed by atoms with Crippen LogP contribution in [-0.2, 0) is 4.79 Å². The summed E-state index contributed by atoms with van der Waals surface area (Å²) in [6, 6.07) is 0. The van der Waals surface area contributed by atoms with Crippen molar-refractivity contribution in [3.05, 3.63) is 0 Å². The molecule has 0 fully saturated rings. The molecular weight excluding hydrogens is 114 g/mol. The van der Waals surface area contributed by atoms with E-state index in [1.54, 1.807) is 0 Å². The lowest BCUT2D eigenvalue weighted by atomic mass is 10.5. The van der Waals surface area contributed by atoms with Crippen LogP contribution in [0.5, 0.6) is 0 Å². The second-order valence-corrected chi connectivity index (χ2v) is 0.911. The van der Waals surface area contributed by atoms with Gasteiger partial charge in [0.25, 0.3) is 6.43 Å². The van der Waals surface area contributed by atoms with Crippen molar-refractivity contribution in [2.75, 3.05) is 0 Å². The van der Waals surface area contributed by atoms with E-state index < -0.39 is 12.2 Å². The summed E-state index contributed by atoms with van der Waals surface area (Å²) in [6.45, 7) is 4.85. The molecule has 0 aromatic rings. The molecule has 0 aliphatic rings. The first-order valence-electron chi connectivity index (χ1n) is 2.43. The molecule has 0 unspecified atom stereocenters. The zero-order valence-corrected chi connectivity index (χ0v) is 5.24. The average molecular weight is 124 g/mol. The molecule has 0 aromatic carbocycles. The first-order valence-corrected chi connectivity index (χ1v) is 2.43. The molecule has 0 amide bonds. The Labute approximate surface area is 47.7 Å². The highest BCUT2D eigenvalue weighted by Gasteiger charge is 2.05. The van der Waals surface area contributed by atoms with Gasteiger partial charge in [-0.25, -0.2) is 8.78 Å². The van der Waals surface area contributed by atoms with Crippen molar-refractivity contribution in [1.82, 2.24) is 0 Å². The number of hydrogen-bond acceptors (Lipinski definition) is 1. The fourth-order valence-electron chi connectivity index (χ4n) is 0. The fourth-order valence-corrected chi connectivity index (χ4v) is 0. The quantitative estimate of drug-likeness (QED) is 0.521. The molecule has 3 heteroatoms. The Morgan fingerprint density at radius 2 is 1.50 bits per heavy atom. The number of carbonyl (C=O) groups excluding carboxylic acids is 1. The third kappa shape index (κ3) is 9.11. The van der Waals surface area contributed by atoms with Crippen molar-refractivity contribution in [3.63, 3.8) is 0 Å². The van der Waals surface area contributed by atoms with Crippen molar-refractivity contribution < 1.29 is 13.6 Å². The highest BCUT2D eigenvalue weighted by molar-refractivity contribution is 5.78. The minimum absolute atomic E-state index is 0.852. The number of Topliss-reactive ketones (excluding diaryl/α,β-unsaturated/α-hetero) is 1. The summed E-state index contributed by atoms with van der Waals surface area (Å²) in [5.41, 5.74) is 0. The number of ketones is 1. The molecule has 0 bridgehead atoms. The number of hydrogen-bond donors (Lipinski definition) is 0. The van der Waals surface area contributed by atoms with Crippen LogP contribution in [0.15, 0.2) is 0 Å². The van der Waals surface area contributed by atoms with Crippen LogP contribution in [0.1, 0.15) is 20.8 Å². The average Bonchev–Trinajstić information content (AvgIpc) is 1.72. The third-order valence-corrected chi connectivity index (χ3v) is 0.307. The summed E-state index contributed by atoms with van der Waals surface area (Å²) in [5, 5.41) is 0.